The predicted molar refractivity (Wildman–Crippen MR) is 91.0 cm³/mol. The van der Waals surface area contributed by atoms with E-state index in [4.69, 9.17) is 0 Å². The molecule has 0 saturated carbocycles. The topological polar surface area (TPSA) is 12.0 Å². The van der Waals surface area contributed by atoms with Gasteiger partial charge in [-0.25, -0.2) is 4.39 Å². The molecule has 0 fully saturated rings. The molecule has 0 spiro atoms. The minimum Gasteiger partial charge on any atom is -0.378 e. The Labute approximate surface area is 134 Å². The summed E-state index contributed by atoms with van der Waals surface area (Å²) >= 11 is 3.19. The lowest BCUT2D eigenvalue weighted by Gasteiger charge is -2.20. The van der Waals surface area contributed by atoms with E-state index in [1.54, 1.807) is 12.1 Å². The van der Waals surface area contributed by atoms with Crippen LogP contribution in [0.4, 0.5) is 10.1 Å². The Morgan fingerprint density at radius 3 is 2.52 bits per heavy atom. The lowest BCUT2D eigenvalue weighted by molar-refractivity contribution is 0.602. The van der Waals surface area contributed by atoms with E-state index in [-0.39, 0.29) is 11.9 Å². The van der Waals surface area contributed by atoms with Crippen LogP contribution in [-0.4, -0.2) is 0 Å². The third kappa shape index (κ3) is 4.85. The smallest absolute Gasteiger partial charge is 0.139 e. The van der Waals surface area contributed by atoms with E-state index in [2.05, 4.69) is 40.3 Å². The van der Waals surface area contributed by atoms with Gasteiger partial charge in [-0.3, -0.25) is 0 Å². The number of anilines is 1. The Bertz CT molecular complexity index is 556. The molecule has 0 saturated heterocycles. The molecule has 0 aromatic heterocycles. The molecule has 0 bridgehead atoms. The van der Waals surface area contributed by atoms with Crippen LogP contribution in [-0.2, 0) is 0 Å². The van der Waals surface area contributed by atoms with Gasteiger partial charge in [-0.15, -0.1) is 0 Å². The van der Waals surface area contributed by atoms with Crippen LogP contribution < -0.4 is 5.32 Å². The highest BCUT2D eigenvalue weighted by Crippen LogP contribution is 2.27. The Morgan fingerprint density at radius 1 is 1.10 bits per heavy atom. The maximum Gasteiger partial charge on any atom is 0.139 e. The lowest BCUT2D eigenvalue weighted by Crippen LogP contribution is -2.11. The third-order valence-corrected chi connectivity index (χ3v) is 4.20. The van der Waals surface area contributed by atoms with Crippen molar-refractivity contribution in [3.8, 4) is 0 Å². The van der Waals surface area contributed by atoms with Crippen molar-refractivity contribution in [2.24, 2.45) is 0 Å². The highest BCUT2D eigenvalue weighted by Gasteiger charge is 2.11. The highest BCUT2D eigenvalue weighted by atomic mass is 79.9. The molecule has 3 heteroatoms. The monoisotopic (exact) mass is 349 g/mol. The number of nitrogens with one attached hydrogen (secondary N) is 1. The summed E-state index contributed by atoms with van der Waals surface area (Å²) in [7, 11) is 0. The van der Waals surface area contributed by atoms with E-state index in [9.17, 15) is 4.39 Å². The number of hydrogen-bond donors (Lipinski definition) is 1. The molecule has 21 heavy (non-hydrogen) atoms. The lowest BCUT2D eigenvalue weighted by atomic mass is 10.00. The molecule has 1 atom stereocenters. The van der Waals surface area contributed by atoms with Crippen molar-refractivity contribution >= 4 is 21.6 Å². The number of rotatable bonds is 7. The molecule has 1 N–H and O–H groups in total. The first kappa shape index (κ1) is 16.0. The number of halogens is 2. The maximum absolute atomic E-state index is 13.7. The number of hydrogen-bond acceptors (Lipinski definition) is 1. The Balaban J connectivity index is 2.13. The minimum absolute atomic E-state index is 0.221. The standard InChI is InChI=1S/C18H21BrFN/c1-2-3-5-10-18(14-8-6-4-7-9-14)21-15-11-12-16(19)17(20)13-15/h4,6-9,11-13,18,21H,2-3,5,10H2,1H3. The van der Waals surface area contributed by atoms with Gasteiger partial charge in [0.05, 0.1) is 10.5 Å². The average molecular weight is 350 g/mol. The van der Waals surface area contributed by atoms with Crippen LogP contribution in [0.15, 0.2) is 53.0 Å². The van der Waals surface area contributed by atoms with Gasteiger partial charge < -0.3 is 5.32 Å². The molecule has 0 aliphatic rings. The second-order valence-corrected chi connectivity index (χ2v) is 6.09. The molecule has 1 nitrogen and oxygen atoms in total. The molecule has 0 aliphatic heterocycles. The van der Waals surface area contributed by atoms with E-state index in [0.29, 0.717) is 4.47 Å². The van der Waals surface area contributed by atoms with Gasteiger partial charge in [0.1, 0.15) is 5.82 Å². The molecule has 1 unspecified atom stereocenters. The van der Waals surface area contributed by atoms with Crippen molar-refractivity contribution < 1.29 is 4.39 Å². The van der Waals surface area contributed by atoms with Crippen molar-refractivity contribution in [1.82, 2.24) is 0 Å². The molecule has 2 aromatic rings. The van der Waals surface area contributed by atoms with Gasteiger partial charge in [-0.1, -0.05) is 56.5 Å². The highest BCUT2D eigenvalue weighted by molar-refractivity contribution is 9.10. The average Bonchev–Trinajstić information content (AvgIpc) is 2.51. The SMILES string of the molecule is CCCCCC(Nc1ccc(Br)c(F)c1)c1ccccc1. The molecule has 0 radical (unpaired) electrons. The van der Waals surface area contributed by atoms with Crippen LogP contribution in [0, 0.1) is 5.82 Å². The largest absolute Gasteiger partial charge is 0.378 e. The molecule has 2 rings (SSSR count). The molecule has 2 aromatic carbocycles. The zero-order valence-electron chi connectivity index (χ0n) is 12.3. The normalized spacial score (nSPS) is 12.1. The summed E-state index contributed by atoms with van der Waals surface area (Å²) in [5.74, 6) is -0.236. The van der Waals surface area contributed by atoms with Crippen molar-refractivity contribution in [1.29, 1.82) is 0 Å². The summed E-state index contributed by atoms with van der Waals surface area (Å²) in [6.45, 7) is 2.20. The fraction of sp³-hybridized carbons (Fsp3) is 0.333. The molecular formula is C18H21BrFN. The molecule has 0 amide bonds. The van der Waals surface area contributed by atoms with E-state index < -0.39 is 0 Å². The molecular weight excluding hydrogens is 329 g/mol. The second kappa shape index (κ2) is 8.18. The van der Waals surface area contributed by atoms with Gasteiger partial charge in [0.25, 0.3) is 0 Å². The van der Waals surface area contributed by atoms with Crippen LogP contribution in [0.1, 0.15) is 44.2 Å². The van der Waals surface area contributed by atoms with Crippen LogP contribution in [0.3, 0.4) is 0 Å². The van der Waals surface area contributed by atoms with Gasteiger partial charge in [0.15, 0.2) is 0 Å². The van der Waals surface area contributed by atoms with Crippen molar-refractivity contribution in [2.75, 3.05) is 5.32 Å². The van der Waals surface area contributed by atoms with Crippen molar-refractivity contribution in [3.05, 3.63) is 64.4 Å². The summed E-state index contributed by atoms with van der Waals surface area (Å²) in [6.07, 6.45) is 4.64. The van der Waals surface area contributed by atoms with E-state index in [0.717, 1.165) is 12.1 Å². The zero-order valence-corrected chi connectivity index (χ0v) is 13.9. The fourth-order valence-corrected chi connectivity index (χ4v) is 2.64. The summed E-state index contributed by atoms with van der Waals surface area (Å²) in [6, 6.07) is 15.8. The molecule has 0 heterocycles. The first-order valence-corrected chi connectivity index (χ1v) is 8.26. The van der Waals surface area contributed by atoms with Crippen LogP contribution >= 0.6 is 15.9 Å². The first-order chi connectivity index (χ1) is 10.2. The third-order valence-electron chi connectivity index (χ3n) is 3.56. The number of unbranched alkanes of at least 4 members (excludes halogenated alkanes) is 2. The molecule has 112 valence electrons. The Hall–Kier alpha value is -1.35. The minimum atomic E-state index is -0.236. The van der Waals surface area contributed by atoms with Crippen molar-refractivity contribution in [2.45, 2.75) is 38.6 Å². The maximum atomic E-state index is 13.7. The predicted octanol–water partition coefficient (Wildman–Crippen LogP) is 6.32. The van der Waals surface area contributed by atoms with Gasteiger partial charge in [-0.05, 0) is 46.1 Å². The van der Waals surface area contributed by atoms with Crippen LogP contribution in [0.2, 0.25) is 0 Å². The van der Waals surface area contributed by atoms with Gasteiger partial charge in [-0.2, -0.15) is 0 Å². The van der Waals surface area contributed by atoms with E-state index in [1.165, 1.54) is 24.8 Å². The summed E-state index contributed by atoms with van der Waals surface area (Å²) < 4.78 is 14.1. The van der Waals surface area contributed by atoms with Gasteiger partial charge in [0, 0.05) is 5.69 Å². The summed E-state index contributed by atoms with van der Waals surface area (Å²) in [5, 5.41) is 3.46. The van der Waals surface area contributed by atoms with E-state index in [1.807, 2.05) is 24.3 Å². The first-order valence-electron chi connectivity index (χ1n) is 7.47. The Morgan fingerprint density at radius 2 is 1.86 bits per heavy atom. The Kier molecular flexibility index (Phi) is 6.24. The summed E-state index contributed by atoms with van der Waals surface area (Å²) in [5.41, 5.74) is 2.07. The van der Waals surface area contributed by atoms with Gasteiger partial charge in [0.2, 0.25) is 0 Å². The van der Waals surface area contributed by atoms with Crippen molar-refractivity contribution in [3.63, 3.8) is 0 Å². The van der Waals surface area contributed by atoms with E-state index >= 15 is 0 Å². The fourth-order valence-electron chi connectivity index (χ4n) is 2.39. The molecule has 0 aliphatic carbocycles. The summed E-state index contributed by atoms with van der Waals surface area (Å²) in [4.78, 5) is 0. The van der Waals surface area contributed by atoms with Gasteiger partial charge >= 0.3 is 0 Å². The van der Waals surface area contributed by atoms with Crippen LogP contribution in [0.25, 0.3) is 0 Å². The number of benzene rings is 2. The van der Waals surface area contributed by atoms with Crippen LogP contribution in [0.5, 0.6) is 0 Å². The quantitative estimate of drug-likeness (QED) is 0.576. The second-order valence-electron chi connectivity index (χ2n) is 5.23. The zero-order chi connectivity index (χ0) is 15.1.